The molecule has 0 radical (unpaired) electrons. The molecule has 0 saturated carbocycles. The summed E-state index contributed by atoms with van der Waals surface area (Å²) < 4.78 is 0. The minimum Gasteiger partial charge on any atom is -0.125 e. The molecule has 0 spiro atoms. The number of hydrogen-bond donors (Lipinski definition) is 0. The van der Waals surface area contributed by atoms with Gasteiger partial charge in [-0.3, -0.25) is 0 Å². The van der Waals surface area contributed by atoms with E-state index >= 15 is 0 Å². The Labute approximate surface area is 596 Å². The van der Waals surface area contributed by atoms with E-state index in [0.29, 0.717) is 33.2 Å². The van der Waals surface area contributed by atoms with Gasteiger partial charge in [-0.1, -0.05) is 316 Å². The van der Waals surface area contributed by atoms with Gasteiger partial charge in [0.1, 0.15) is 16.1 Å². The minimum absolute atomic E-state index is 0.0703. The Balaban J connectivity index is 1.33. The van der Waals surface area contributed by atoms with Crippen LogP contribution in [0.4, 0.5) is 0 Å². The maximum Gasteiger partial charge on any atom is 0.146 e. The van der Waals surface area contributed by atoms with Crippen LogP contribution in [0.5, 0.6) is 0 Å². The average Bonchev–Trinajstić information content (AvgIpc) is 0.750. The van der Waals surface area contributed by atoms with Gasteiger partial charge in [0.2, 0.25) is 0 Å². The van der Waals surface area contributed by atoms with Gasteiger partial charge in [0, 0.05) is 33.4 Å². The highest BCUT2D eigenvalue weighted by atomic mass is 28.3. The lowest BCUT2D eigenvalue weighted by molar-refractivity contribution is 0.590. The fraction of sp³-hybridized carbons (Fsp3) is 0.438. The van der Waals surface area contributed by atoms with Crippen molar-refractivity contribution in [2.24, 2.45) is 0 Å². The molecule has 9 aromatic carbocycles. The van der Waals surface area contributed by atoms with E-state index < -0.39 is 16.1 Å². The van der Waals surface area contributed by atoms with Gasteiger partial charge in [0.25, 0.3) is 0 Å². The Morgan fingerprint density at radius 3 is 0.480 bits per heavy atom. The lowest BCUT2D eigenvalue weighted by atomic mass is 9.81. The largest absolute Gasteiger partial charge is 0.146 e. The second kappa shape index (κ2) is 27.1. The molecule has 0 unspecified atom stereocenters. The van der Waals surface area contributed by atoms with Crippen molar-refractivity contribution >= 4 is 80.8 Å². The van der Waals surface area contributed by atoms with Crippen molar-refractivity contribution in [3.63, 3.8) is 0 Å². The highest BCUT2D eigenvalue weighted by Gasteiger charge is 2.43. The van der Waals surface area contributed by atoms with Crippen molar-refractivity contribution in [1.29, 1.82) is 0 Å². The number of hydrogen-bond acceptors (Lipinski definition) is 0. The first kappa shape index (κ1) is 74.6. The summed E-state index contributed by atoms with van der Waals surface area (Å²) in [6.07, 6.45) is 0. The third-order valence-corrected chi connectivity index (χ3v) is 34.5. The first-order valence-corrected chi connectivity index (χ1v) is 41.1. The topological polar surface area (TPSA) is 0 Å². The van der Waals surface area contributed by atoms with Crippen molar-refractivity contribution in [2.45, 2.75) is 273 Å². The molecule has 2 heteroatoms. The van der Waals surface area contributed by atoms with E-state index in [1.807, 2.05) is 0 Å². The zero-order valence-corrected chi connectivity index (χ0v) is 67.9. The Hall–Kier alpha value is -7.67. The summed E-state index contributed by atoms with van der Waals surface area (Å²) >= 11 is 0. The Kier molecular flexibility index (Phi) is 20.6. The highest BCUT2D eigenvalue weighted by Crippen LogP contribution is 2.46. The van der Waals surface area contributed by atoms with Crippen LogP contribution >= 0.6 is 0 Å². The van der Waals surface area contributed by atoms with Gasteiger partial charge in [-0.25, -0.2) is 0 Å². The molecule has 0 bridgehead atoms. The molecule has 0 fully saturated rings. The molecule has 0 N–H and O–H groups in total. The van der Waals surface area contributed by atoms with E-state index in [1.165, 1.54) is 33.4 Å². The van der Waals surface area contributed by atoms with Crippen LogP contribution in [0.25, 0.3) is 64.6 Å². The van der Waals surface area contributed by atoms with Crippen molar-refractivity contribution < 1.29 is 0 Å². The van der Waals surface area contributed by atoms with Gasteiger partial charge in [-0.05, 0) is 224 Å². The van der Waals surface area contributed by atoms with E-state index in [0.717, 1.165) is 98.0 Å². The van der Waals surface area contributed by atoms with E-state index in [4.69, 9.17) is 0 Å². The third kappa shape index (κ3) is 14.4. The zero-order chi connectivity index (χ0) is 72.5. The monoisotopic (exact) mass is 1320 g/mol. The first-order chi connectivity index (χ1) is 45.3. The van der Waals surface area contributed by atoms with E-state index in [1.54, 1.807) is 0 Å². The average molecular weight is 1320 g/mol. The van der Waals surface area contributed by atoms with E-state index in [2.05, 4.69) is 387 Å². The van der Waals surface area contributed by atoms with Crippen molar-refractivity contribution in [2.75, 3.05) is 0 Å². The van der Waals surface area contributed by atoms with Gasteiger partial charge in [-0.2, -0.15) is 0 Å². The molecular weight excluding hydrogens is 1210 g/mol. The Morgan fingerprint density at radius 2 is 0.347 bits per heavy atom. The molecular formula is C96H114Si2. The lowest BCUT2D eigenvalue weighted by Gasteiger charge is -2.38. The van der Waals surface area contributed by atoms with Crippen LogP contribution in [0.2, 0.25) is 33.2 Å². The van der Waals surface area contributed by atoms with Crippen LogP contribution in [-0.2, 0) is 32.5 Å². The normalized spacial score (nSPS) is 12.9. The summed E-state index contributed by atoms with van der Waals surface area (Å²) in [5.41, 5.74) is 24.4. The zero-order valence-electron chi connectivity index (χ0n) is 65.9. The fourth-order valence-corrected chi connectivity index (χ4v) is 26.3. The number of fused-ring (bicyclic) bond motifs is 6. The molecule has 0 heterocycles. The summed E-state index contributed by atoms with van der Waals surface area (Å²) in [7, 11) is -4.22. The molecule has 0 aromatic heterocycles. The van der Waals surface area contributed by atoms with Crippen molar-refractivity contribution in [3.8, 4) is 70.3 Å². The summed E-state index contributed by atoms with van der Waals surface area (Å²) in [6.45, 7) is 70.2. The lowest BCUT2D eigenvalue weighted by Crippen LogP contribution is -2.43. The van der Waals surface area contributed by atoms with Gasteiger partial charge in [0.15, 0.2) is 0 Å². The van der Waals surface area contributed by atoms with Crippen LogP contribution in [-0.4, -0.2) is 16.1 Å². The maximum atomic E-state index is 4.15. The molecule has 0 atom stereocenters. The quantitative estimate of drug-likeness (QED) is 0.0884. The summed E-state index contributed by atoms with van der Waals surface area (Å²) in [5.74, 6) is 37.2. The fourth-order valence-electron chi connectivity index (χ4n) is 15.9. The second-order valence-corrected chi connectivity index (χ2v) is 47.8. The second-order valence-electron chi connectivity index (χ2n) is 36.6. The molecule has 0 aliphatic carbocycles. The third-order valence-electron chi connectivity index (χ3n) is 22.0. The van der Waals surface area contributed by atoms with E-state index in [-0.39, 0.29) is 32.5 Å². The van der Waals surface area contributed by atoms with Gasteiger partial charge >= 0.3 is 0 Å². The molecule has 0 aliphatic heterocycles. The minimum atomic E-state index is -2.11. The Bertz CT molecular complexity index is 4690. The van der Waals surface area contributed by atoms with Crippen LogP contribution in [0.15, 0.2) is 109 Å². The first-order valence-electron chi connectivity index (χ1n) is 36.6. The maximum absolute atomic E-state index is 4.15. The van der Waals surface area contributed by atoms with Crippen LogP contribution in [0.3, 0.4) is 0 Å². The molecule has 506 valence electrons. The molecule has 9 aromatic rings. The smallest absolute Gasteiger partial charge is 0.125 e. The predicted octanol–water partition coefficient (Wildman–Crippen LogP) is 26.3. The van der Waals surface area contributed by atoms with Crippen molar-refractivity contribution in [1.82, 2.24) is 0 Å². The van der Waals surface area contributed by atoms with E-state index in [9.17, 15) is 0 Å². The molecule has 0 nitrogen and oxygen atoms in total. The predicted molar refractivity (Wildman–Crippen MR) is 440 cm³/mol. The highest BCUT2D eigenvalue weighted by molar-refractivity contribution is 6.91. The van der Waals surface area contributed by atoms with Crippen LogP contribution < -0.4 is 0 Å². The SMILES string of the molecule is CC(C)[Si](C#Cc1c2ccc(C(C)(C)C)cc2c(C#CC#Cc2c3ccc(C(C)(C)C)cc3c(C#CC#Cc3c4ccc(C(C)(C)C)cc4c(C#C[Si](C(C)C)(C(C)C)C(C)C)c4ccc(C(C)(C)C)cc34)c3ccc(C(C)(C)C)cc23)c2ccc(C(C)(C)C)cc12)(C(C)C)C(C)C. The summed E-state index contributed by atoms with van der Waals surface area (Å²) in [4.78, 5) is 0. The molecule has 0 aliphatic rings. The van der Waals surface area contributed by atoms with Crippen molar-refractivity contribution in [3.05, 3.63) is 176 Å². The number of benzene rings is 9. The van der Waals surface area contributed by atoms with Crippen LogP contribution in [0.1, 0.15) is 274 Å². The van der Waals surface area contributed by atoms with Gasteiger partial charge < -0.3 is 0 Å². The molecule has 9 rings (SSSR count). The number of rotatable bonds is 6. The molecule has 0 amide bonds. The summed E-state index contributed by atoms with van der Waals surface area (Å²) in [6, 6.07) is 42.0. The van der Waals surface area contributed by atoms with Gasteiger partial charge in [-0.15, -0.1) is 11.1 Å². The molecule has 98 heavy (non-hydrogen) atoms. The van der Waals surface area contributed by atoms with Crippen LogP contribution in [0, 0.1) is 70.3 Å². The molecule has 0 saturated heterocycles. The Morgan fingerprint density at radius 1 is 0.204 bits per heavy atom. The summed E-state index contributed by atoms with van der Waals surface area (Å²) in [5, 5.41) is 13.3. The van der Waals surface area contributed by atoms with Gasteiger partial charge in [0.05, 0.1) is 0 Å². The standard InChI is InChI=1S/C96H114Si2/c1-61(2)97(62(3)4,63(5)6)53-51-83-81-49-43-69(93(19,20)21)57-87(81)75(79-47-41-71(59-89(79)83)95(25,26)27)37-33-31-35-73-77-45-39-68(92(16,17)18)56-86(77)74(78-46-40-67(55-85(73)78)91(13,14)15)36-32-34-38-76-80-48-42-72(96(28,29)30)60-90(80)84(52-54-98(64(7)8,65(9)10)66(11)12)82-50-44-70(58-88(76)82)94(22,23)24/h39-50,55-66H,1-30H3.